The smallest absolute Gasteiger partial charge is 0.245 e. The summed E-state index contributed by atoms with van der Waals surface area (Å²) in [5, 5.41) is 2.61. The number of nitrogens with zero attached hydrogens (tertiary/aromatic N) is 1. The summed E-state index contributed by atoms with van der Waals surface area (Å²) in [6.07, 6.45) is 0.665. The van der Waals surface area contributed by atoms with Crippen LogP contribution in [0.3, 0.4) is 0 Å². The van der Waals surface area contributed by atoms with E-state index in [1.807, 2.05) is 0 Å². The average molecular weight is 422 g/mol. The molecule has 1 aliphatic heterocycles. The van der Waals surface area contributed by atoms with Gasteiger partial charge in [-0.1, -0.05) is 12.1 Å². The van der Waals surface area contributed by atoms with Gasteiger partial charge in [0.05, 0.1) is 6.61 Å². The lowest BCUT2D eigenvalue weighted by Crippen LogP contribution is -2.61. The van der Waals surface area contributed by atoms with Gasteiger partial charge < -0.3 is 26.3 Å². The second-order valence-corrected chi connectivity index (χ2v) is 7.08. The first-order chi connectivity index (χ1) is 14.9. The summed E-state index contributed by atoms with van der Waals surface area (Å²) < 4.78 is 24.4. The van der Waals surface area contributed by atoms with Gasteiger partial charge in [-0.15, -0.1) is 0 Å². The first-order valence-electron chi connectivity index (χ1n) is 9.36. The molecule has 2 heterocycles. The lowest BCUT2D eigenvalue weighted by Gasteiger charge is -2.45. The van der Waals surface area contributed by atoms with Gasteiger partial charge in [-0.3, -0.25) is 9.59 Å². The van der Waals surface area contributed by atoms with Crippen LogP contribution in [0.1, 0.15) is 11.7 Å². The summed E-state index contributed by atoms with van der Waals surface area (Å²) in [6.45, 7) is -0.158. The van der Waals surface area contributed by atoms with Gasteiger partial charge in [0.25, 0.3) is 0 Å². The number of nitrogens with two attached hydrogens (primary N) is 2. The largest absolute Gasteiger partial charge is 0.457 e. The summed E-state index contributed by atoms with van der Waals surface area (Å²) in [5.74, 6) is -0.495. The van der Waals surface area contributed by atoms with Gasteiger partial charge in [-0.05, 0) is 48.0 Å². The molecule has 2 aromatic carbocycles. The second-order valence-electron chi connectivity index (χ2n) is 7.08. The molecule has 0 aliphatic carbocycles. The van der Waals surface area contributed by atoms with E-state index in [1.165, 1.54) is 30.5 Å². The number of nitrogen functional groups attached to an aromatic ring is 1. The van der Waals surface area contributed by atoms with Gasteiger partial charge in [0.1, 0.15) is 29.2 Å². The maximum absolute atomic E-state index is 13.1. The molecule has 158 valence electrons. The molecule has 1 aliphatic rings. The molecule has 9 heteroatoms. The van der Waals surface area contributed by atoms with E-state index < -0.39 is 29.2 Å². The summed E-state index contributed by atoms with van der Waals surface area (Å²) in [6, 6.07) is 15.2. The van der Waals surface area contributed by atoms with Crippen molar-refractivity contribution in [3.63, 3.8) is 0 Å². The molecule has 1 saturated heterocycles. The van der Waals surface area contributed by atoms with E-state index in [4.69, 9.17) is 20.9 Å². The third-order valence-corrected chi connectivity index (χ3v) is 5.04. The Morgan fingerprint density at radius 3 is 2.39 bits per heavy atom. The zero-order chi connectivity index (χ0) is 22.0. The van der Waals surface area contributed by atoms with Crippen LogP contribution < -0.4 is 21.5 Å². The number of rotatable bonds is 6. The SMILES string of the molecule is NC(=O)C1(C(=O)Nc2ccc(F)cc2)COC1c1ccc(Oc2ccnc(N)c2)cc1. The number of amides is 2. The van der Waals surface area contributed by atoms with Crippen molar-refractivity contribution in [2.24, 2.45) is 11.1 Å². The highest BCUT2D eigenvalue weighted by Crippen LogP contribution is 2.47. The molecule has 2 unspecified atom stereocenters. The van der Waals surface area contributed by atoms with E-state index in [0.717, 1.165) is 0 Å². The molecule has 0 bridgehead atoms. The van der Waals surface area contributed by atoms with Gasteiger partial charge >= 0.3 is 0 Å². The Bertz CT molecular complexity index is 1120. The van der Waals surface area contributed by atoms with Crippen LogP contribution >= 0.6 is 0 Å². The maximum atomic E-state index is 13.1. The van der Waals surface area contributed by atoms with Crippen LogP contribution in [-0.4, -0.2) is 23.4 Å². The standard InChI is InChI=1S/C22H19FN4O4/c23-14-3-5-15(6-4-14)27-21(29)22(20(25)28)12-30-19(22)13-1-7-16(8-2-13)31-17-9-10-26-18(24)11-17/h1-11,19H,12H2,(H2,24,26)(H2,25,28)(H,27,29). The van der Waals surface area contributed by atoms with Crippen LogP contribution in [-0.2, 0) is 14.3 Å². The highest BCUT2D eigenvalue weighted by atomic mass is 19.1. The minimum atomic E-state index is -1.59. The van der Waals surface area contributed by atoms with Crippen LogP contribution in [0.15, 0.2) is 66.9 Å². The van der Waals surface area contributed by atoms with E-state index in [0.29, 0.717) is 28.6 Å². The molecule has 5 N–H and O–H groups in total. The first-order valence-corrected chi connectivity index (χ1v) is 9.36. The number of anilines is 2. The molecule has 0 radical (unpaired) electrons. The number of pyridine rings is 1. The highest BCUT2D eigenvalue weighted by Gasteiger charge is 2.60. The van der Waals surface area contributed by atoms with Crippen LogP contribution in [0.2, 0.25) is 0 Å². The highest BCUT2D eigenvalue weighted by molar-refractivity contribution is 6.11. The number of ether oxygens (including phenoxy) is 2. The monoisotopic (exact) mass is 422 g/mol. The fourth-order valence-electron chi connectivity index (χ4n) is 3.32. The molecular weight excluding hydrogens is 403 g/mol. The van der Waals surface area contributed by atoms with E-state index >= 15 is 0 Å². The molecule has 3 aromatic rings. The molecule has 31 heavy (non-hydrogen) atoms. The van der Waals surface area contributed by atoms with Crippen LogP contribution in [0, 0.1) is 11.2 Å². The first kappa shape index (κ1) is 20.3. The predicted octanol–water partition coefficient (Wildman–Crippen LogP) is 2.78. The lowest BCUT2D eigenvalue weighted by molar-refractivity contribution is -0.196. The molecule has 8 nitrogen and oxygen atoms in total. The van der Waals surface area contributed by atoms with Crippen LogP contribution in [0.5, 0.6) is 11.5 Å². The number of hydrogen-bond acceptors (Lipinski definition) is 6. The second kappa shape index (κ2) is 8.04. The topological polar surface area (TPSA) is 130 Å². The van der Waals surface area contributed by atoms with Crippen LogP contribution in [0.4, 0.5) is 15.9 Å². The predicted molar refractivity (Wildman–Crippen MR) is 111 cm³/mol. The summed E-state index contributed by atoms with van der Waals surface area (Å²) in [4.78, 5) is 29.1. The zero-order valence-electron chi connectivity index (χ0n) is 16.2. The van der Waals surface area contributed by atoms with Crippen molar-refractivity contribution in [1.82, 2.24) is 4.98 Å². The molecule has 1 fully saturated rings. The van der Waals surface area contributed by atoms with Gasteiger partial charge in [-0.2, -0.15) is 0 Å². The van der Waals surface area contributed by atoms with Gasteiger partial charge in [0.2, 0.25) is 11.8 Å². The molecule has 2 amide bonds. The maximum Gasteiger partial charge on any atom is 0.245 e. The molecule has 0 saturated carbocycles. The Hall–Kier alpha value is -3.98. The van der Waals surface area contributed by atoms with Crippen molar-refractivity contribution >= 4 is 23.3 Å². The van der Waals surface area contributed by atoms with Crippen molar-refractivity contribution in [1.29, 1.82) is 0 Å². The lowest BCUT2D eigenvalue weighted by atomic mass is 9.73. The minimum absolute atomic E-state index is 0.158. The van der Waals surface area contributed by atoms with Gasteiger partial charge in [0, 0.05) is 18.0 Å². The number of aromatic nitrogens is 1. The Labute approximate surface area is 177 Å². The van der Waals surface area contributed by atoms with E-state index in [2.05, 4.69) is 10.3 Å². The van der Waals surface area contributed by atoms with Gasteiger partial charge in [-0.25, -0.2) is 9.37 Å². The summed E-state index contributed by atoms with van der Waals surface area (Å²) >= 11 is 0. The van der Waals surface area contributed by atoms with E-state index in [9.17, 15) is 14.0 Å². The molecular formula is C22H19FN4O4. The quantitative estimate of drug-likeness (QED) is 0.524. The number of hydrogen-bond donors (Lipinski definition) is 3. The Morgan fingerprint density at radius 1 is 1.10 bits per heavy atom. The molecule has 4 rings (SSSR count). The number of halogens is 1. The minimum Gasteiger partial charge on any atom is -0.457 e. The molecule has 0 spiro atoms. The summed E-state index contributed by atoms with van der Waals surface area (Å²) in [5.41, 5.74) is 10.6. The van der Waals surface area contributed by atoms with Crippen LogP contribution in [0.25, 0.3) is 0 Å². The third-order valence-electron chi connectivity index (χ3n) is 5.04. The Kier molecular flexibility index (Phi) is 5.26. The van der Waals surface area contributed by atoms with Crippen molar-refractivity contribution in [3.05, 3.63) is 78.2 Å². The average Bonchev–Trinajstić information content (AvgIpc) is 2.70. The fraction of sp³-hybridized carbons (Fsp3) is 0.136. The molecule has 1 aromatic heterocycles. The number of carbonyl (C=O) groups excluding carboxylic acids is 2. The van der Waals surface area contributed by atoms with Crippen molar-refractivity contribution in [2.45, 2.75) is 6.10 Å². The van der Waals surface area contributed by atoms with Crippen molar-refractivity contribution in [2.75, 3.05) is 17.7 Å². The number of nitrogens with one attached hydrogen (secondary N) is 1. The number of primary amides is 1. The zero-order valence-corrected chi connectivity index (χ0v) is 16.2. The van der Waals surface area contributed by atoms with Crippen molar-refractivity contribution < 1.29 is 23.5 Å². The number of carbonyl (C=O) groups is 2. The molecule has 2 atom stereocenters. The fourth-order valence-corrected chi connectivity index (χ4v) is 3.32. The Balaban J connectivity index is 1.53. The van der Waals surface area contributed by atoms with Gasteiger partial charge in [0.15, 0.2) is 5.41 Å². The van der Waals surface area contributed by atoms with E-state index in [-0.39, 0.29) is 6.61 Å². The number of benzene rings is 2. The summed E-state index contributed by atoms with van der Waals surface area (Å²) in [7, 11) is 0. The third kappa shape index (κ3) is 3.90. The van der Waals surface area contributed by atoms with Crippen molar-refractivity contribution in [3.8, 4) is 11.5 Å². The normalized spacial score (nSPS) is 19.8. The van der Waals surface area contributed by atoms with E-state index in [1.54, 1.807) is 36.4 Å². The Morgan fingerprint density at radius 2 is 1.81 bits per heavy atom.